The van der Waals surface area contributed by atoms with Crippen molar-refractivity contribution in [3.8, 4) is 0 Å². The summed E-state index contributed by atoms with van der Waals surface area (Å²) in [6.45, 7) is 3.89. The number of carboxylic acids is 2. The molecule has 15 heavy (non-hydrogen) atoms. The first-order chi connectivity index (χ1) is 6.45. The summed E-state index contributed by atoms with van der Waals surface area (Å²) in [6.07, 6.45) is 4.80. The minimum atomic E-state index is -2.19. The fraction of sp³-hybridized carbons (Fsp3) is 0.667. The normalized spacial score (nSPS) is 24.1. The Hall–Kier alpha value is -0.412. The fourth-order valence-electron chi connectivity index (χ4n) is 1.21. The Morgan fingerprint density at radius 1 is 1.13 bits per heavy atom. The van der Waals surface area contributed by atoms with Crippen LogP contribution in [0.5, 0.6) is 0 Å². The van der Waals surface area contributed by atoms with Crippen LogP contribution in [0.25, 0.3) is 5.73 Å². The smallest absolute Gasteiger partial charge is 0.677 e. The van der Waals surface area contributed by atoms with Crippen LogP contribution in [0.4, 0.5) is 0 Å². The second-order valence-corrected chi connectivity index (χ2v) is 3.23. The first-order valence-electron chi connectivity index (χ1n) is 4.41. The molecule has 0 aromatic heterocycles. The number of hydrogen-bond acceptors (Lipinski definition) is 4. The predicted octanol–water partition coefficient (Wildman–Crippen LogP) is -1.08. The Morgan fingerprint density at radius 3 is 1.73 bits per heavy atom. The molecule has 1 aliphatic rings. The van der Waals surface area contributed by atoms with Gasteiger partial charge in [0.15, 0.2) is 0 Å². The van der Waals surface area contributed by atoms with Gasteiger partial charge < -0.3 is 32.5 Å². The zero-order valence-electron chi connectivity index (χ0n) is 8.14. The van der Waals surface area contributed by atoms with Crippen molar-refractivity contribution in [3.63, 3.8) is 0 Å². The Morgan fingerprint density at radius 2 is 1.53 bits per heavy atom. The Kier molecular flexibility index (Phi) is 10.0. The van der Waals surface area contributed by atoms with Gasteiger partial charge in [-0.3, -0.25) is 0 Å². The number of carbonyl (C=O) groups is 2. The van der Waals surface area contributed by atoms with Crippen LogP contribution in [0.1, 0.15) is 25.7 Å². The zero-order valence-corrected chi connectivity index (χ0v) is 10.4. The van der Waals surface area contributed by atoms with Crippen LogP contribution in [-0.4, -0.2) is 18.0 Å². The van der Waals surface area contributed by atoms with Gasteiger partial charge in [-0.2, -0.15) is 12.0 Å². The topological polar surface area (TPSA) is 104 Å². The maximum atomic E-state index is 8.93. The number of carboxylic acid groups (broad SMARTS) is 2. The van der Waals surface area contributed by atoms with Gasteiger partial charge in [0.2, 0.25) is 0 Å². The number of nitrogens with one attached hydrogen (secondary N) is 1. The van der Waals surface area contributed by atoms with Crippen molar-refractivity contribution in [2.24, 2.45) is 5.92 Å². The molecule has 1 N–H and O–H groups in total. The van der Waals surface area contributed by atoms with Crippen molar-refractivity contribution in [2.45, 2.75) is 31.7 Å². The molecule has 2 unspecified atom stereocenters. The van der Waals surface area contributed by atoms with Gasteiger partial charge in [-0.05, 0) is 0 Å². The zero-order chi connectivity index (χ0) is 11.1. The van der Waals surface area contributed by atoms with Gasteiger partial charge in [-0.1, -0.05) is 25.7 Å². The van der Waals surface area contributed by atoms with Gasteiger partial charge in [0.05, 0.1) is 11.9 Å². The molecular formula is C9H13NO4Pt. The fourth-order valence-corrected chi connectivity index (χ4v) is 1.21. The van der Waals surface area contributed by atoms with Crippen molar-refractivity contribution in [1.82, 2.24) is 0 Å². The molecule has 1 rings (SSSR count). The summed E-state index contributed by atoms with van der Waals surface area (Å²) in [5.74, 6) is -3.95. The molecule has 0 saturated heterocycles. The van der Waals surface area contributed by atoms with E-state index in [0.29, 0.717) is 5.92 Å². The average Bonchev–Trinajstić information content (AvgIpc) is 2.11. The van der Waals surface area contributed by atoms with Gasteiger partial charge >= 0.3 is 21.1 Å². The van der Waals surface area contributed by atoms with Crippen LogP contribution in [-0.2, 0) is 30.7 Å². The molecule has 1 aliphatic carbocycles. The largest absolute Gasteiger partial charge is 4.00 e. The van der Waals surface area contributed by atoms with Crippen LogP contribution in [0, 0.1) is 12.8 Å². The van der Waals surface area contributed by atoms with E-state index in [-0.39, 0.29) is 27.1 Å². The number of carbonyl (C=O) groups excluding carboxylic acids is 2. The first kappa shape index (κ1) is 17.0. The Balaban J connectivity index is 0. The second-order valence-electron chi connectivity index (χ2n) is 3.23. The molecule has 88 valence electrons. The third-order valence-electron chi connectivity index (χ3n) is 2.08. The van der Waals surface area contributed by atoms with Crippen LogP contribution in [0.2, 0.25) is 0 Å². The van der Waals surface area contributed by atoms with Gasteiger partial charge in [-0.15, -0.1) is 0 Å². The number of hydrogen-bond donors (Lipinski definition) is 0. The van der Waals surface area contributed by atoms with Gasteiger partial charge in [-0.25, -0.2) is 0 Å². The third-order valence-corrected chi connectivity index (χ3v) is 2.08. The summed E-state index contributed by atoms with van der Waals surface area (Å²) in [7, 11) is 0. The van der Waals surface area contributed by atoms with E-state index in [1.54, 1.807) is 0 Å². The minimum absolute atomic E-state index is 0. The first-order valence-corrected chi connectivity index (χ1v) is 4.41. The van der Waals surface area contributed by atoms with Crippen LogP contribution >= 0.6 is 0 Å². The molecule has 0 spiro atoms. The van der Waals surface area contributed by atoms with E-state index in [4.69, 9.17) is 25.5 Å². The molecule has 0 aromatic carbocycles. The van der Waals surface area contributed by atoms with Crippen molar-refractivity contribution in [2.75, 3.05) is 0 Å². The van der Waals surface area contributed by atoms with E-state index < -0.39 is 11.9 Å². The van der Waals surface area contributed by atoms with E-state index in [9.17, 15) is 0 Å². The van der Waals surface area contributed by atoms with Crippen molar-refractivity contribution >= 4 is 11.9 Å². The molecule has 5 nitrogen and oxygen atoms in total. The summed E-state index contributed by atoms with van der Waals surface area (Å²) < 4.78 is 0. The maximum absolute atomic E-state index is 8.93. The minimum Gasteiger partial charge on any atom is -0.677 e. The van der Waals surface area contributed by atoms with E-state index in [0.717, 1.165) is 6.42 Å². The van der Waals surface area contributed by atoms with Gasteiger partial charge in [0.25, 0.3) is 0 Å². The van der Waals surface area contributed by atoms with E-state index in [2.05, 4.69) is 6.92 Å². The average molecular weight is 394 g/mol. The monoisotopic (exact) mass is 394 g/mol. The molecule has 1 saturated carbocycles. The van der Waals surface area contributed by atoms with Gasteiger partial charge in [0, 0.05) is 0 Å². The molecule has 0 aromatic rings. The molecule has 0 bridgehead atoms. The van der Waals surface area contributed by atoms with Crippen LogP contribution in [0.15, 0.2) is 0 Å². The molecular weight excluding hydrogens is 381 g/mol. The summed E-state index contributed by atoms with van der Waals surface area (Å²) in [5.41, 5.74) is 7.42. The quantitative estimate of drug-likeness (QED) is 0.385. The Bertz CT molecular complexity index is 188. The summed E-state index contributed by atoms with van der Waals surface area (Å²) in [6, 6.07) is 0.142. The van der Waals surface area contributed by atoms with Crippen LogP contribution < -0.4 is 10.2 Å². The molecule has 0 amide bonds. The molecule has 0 heterocycles. The molecule has 1 fully saturated rings. The summed E-state index contributed by atoms with van der Waals surface area (Å²) >= 11 is 0. The Labute approximate surface area is 103 Å². The van der Waals surface area contributed by atoms with Crippen molar-refractivity contribution in [1.29, 1.82) is 0 Å². The maximum Gasteiger partial charge on any atom is 4.00 e. The SMILES string of the molecule is O=C([O-])C(=O)[O-].[CH2-]C1CCCCC1[NH-].[Pt+4]. The molecule has 0 aliphatic heterocycles. The van der Waals surface area contributed by atoms with Crippen molar-refractivity contribution < 1.29 is 40.9 Å². The van der Waals surface area contributed by atoms with Gasteiger partial charge in [0.1, 0.15) is 0 Å². The molecule has 2 atom stereocenters. The van der Waals surface area contributed by atoms with E-state index in [1.807, 2.05) is 0 Å². The van der Waals surface area contributed by atoms with Crippen LogP contribution in [0.3, 0.4) is 0 Å². The standard InChI is InChI=1S/C7H13N.C2H2O4.Pt/c1-6-4-2-3-5-7(6)8;3-1(4)2(5)6;/h6-8H,1-5H2;(H,3,4)(H,5,6);/q-2;;+4/p-2. The number of rotatable bonds is 0. The third kappa shape index (κ3) is 8.57. The summed E-state index contributed by atoms with van der Waals surface area (Å²) in [4.78, 5) is 17.9. The van der Waals surface area contributed by atoms with E-state index >= 15 is 0 Å². The van der Waals surface area contributed by atoms with Crippen molar-refractivity contribution in [3.05, 3.63) is 12.7 Å². The molecule has 6 heteroatoms. The second kappa shape index (κ2) is 8.86. The number of aliphatic carboxylic acids is 2. The predicted molar refractivity (Wildman–Crippen MR) is 45.4 cm³/mol. The summed E-state index contributed by atoms with van der Waals surface area (Å²) in [5, 5.41) is 17.9. The molecule has 0 radical (unpaired) electrons. The van der Waals surface area contributed by atoms with E-state index in [1.165, 1.54) is 19.3 Å².